The van der Waals surface area contributed by atoms with Crippen molar-refractivity contribution >= 4 is 5.78 Å². The summed E-state index contributed by atoms with van der Waals surface area (Å²) >= 11 is 0. The van der Waals surface area contributed by atoms with E-state index < -0.39 is 6.10 Å². The lowest BCUT2D eigenvalue weighted by atomic mass is 9.86. The number of rotatable bonds is 7. The van der Waals surface area contributed by atoms with E-state index in [-0.39, 0.29) is 23.5 Å². The summed E-state index contributed by atoms with van der Waals surface area (Å²) in [6.07, 6.45) is 5.44. The molecule has 2 rings (SSSR count). The summed E-state index contributed by atoms with van der Waals surface area (Å²) in [5, 5.41) is 10.4. The van der Waals surface area contributed by atoms with Crippen molar-refractivity contribution in [2.45, 2.75) is 53.1 Å². The van der Waals surface area contributed by atoms with Gasteiger partial charge >= 0.3 is 0 Å². The van der Waals surface area contributed by atoms with Gasteiger partial charge in [0.25, 0.3) is 0 Å². The van der Waals surface area contributed by atoms with Gasteiger partial charge in [0, 0.05) is 11.8 Å². The van der Waals surface area contributed by atoms with Crippen molar-refractivity contribution < 1.29 is 14.6 Å². The SMILES string of the molecule is CCO/C=C\C[C@H]1C(O)C(C)C(=O)[C@@H]1CCc1ccc(C)c(C)c1. The number of ether oxygens (including phenoxy) is 1. The maximum atomic E-state index is 12.5. The fraction of sp³-hybridized carbons (Fsp3) is 0.571. The molecule has 0 spiro atoms. The van der Waals surface area contributed by atoms with Gasteiger partial charge in [0.2, 0.25) is 0 Å². The predicted molar refractivity (Wildman–Crippen MR) is 96.8 cm³/mol. The molecule has 1 N–H and O–H groups in total. The second-order valence-corrected chi connectivity index (χ2v) is 6.97. The van der Waals surface area contributed by atoms with Crippen LogP contribution in [0, 0.1) is 31.6 Å². The van der Waals surface area contributed by atoms with Gasteiger partial charge in [-0.25, -0.2) is 0 Å². The Morgan fingerprint density at radius 3 is 2.67 bits per heavy atom. The first-order valence-corrected chi connectivity index (χ1v) is 9.00. The van der Waals surface area contributed by atoms with E-state index in [9.17, 15) is 9.90 Å². The number of benzene rings is 1. The molecule has 1 aromatic carbocycles. The highest BCUT2D eigenvalue weighted by Gasteiger charge is 2.45. The number of allylic oxidation sites excluding steroid dienone is 1. The van der Waals surface area contributed by atoms with E-state index in [0.717, 1.165) is 12.8 Å². The van der Waals surface area contributed by atoms with Gasteiger partial charge in [-0.15, -0.1) is 0 Å². The minimum absolute atomic E-state index is 0.00393. The topological polar surface area (TPSA) is 46.5 Å². The molecule has 2 unspecified atom stereocenters. The Hall–Kier alpha value is -1.61. The molecular formula is C21H30O3. The molecule has 0 saturated heterocycles. The lowest BCUT2D eigenvalue weighted by Crippen LogP contribution is -2.21. The molecule has 1 aliphatic rings. The van der Waals surface area contributed by atoms with Crippen LogP contribution < -0.4 is 0 Å². The standard InChI is InChI=1S/C21H30O3/c1-5-24-12-6-7-18-19(21(23)16(4)20(18)22)11-10-17-9-8-14(2)15(3)13-17/h6,8-9,12-13,16,18-20,22H,5,7,10-11H2,1-4H3/b12-6-/t16?,18-,19-,20?/m1/s1. The molecule has 4 atom stereocenters. The van der Waals surface area contributed by atoms with E-state index in [0.29, 0.717) is 13.0 Å². The zero-order valence-corrected chi connectivity index (χ0v) is 15.3. The normalized spacial score (nSPS) is 27.1. The molecule has 0 amide bonds. The minimum Gasteiger partial charge on any atom is -0.502 e. The van der Waals surface area contributed by atoms with Crippen molar-refractivity contribution in [2.75, 3.05) is 6.61 Å². The molecule has 1 aromatic rings. The van der Waals surface area contributed by atoms with Gasteiger partial charge in [0.15, 0.2) is 0 Å². The summed E-state index contributed by atoms with van der Waals surface area (Å²) in [4.78, 5) is 12.5. The number of hydrogen-bond acceptors (Lipinski definition) is 3. The smallest absolute Gasteiger partial charge is 0.141 e. The molecule has 0 aromatic heterocycles. The zero-order valence-electron chi connectivity index (χ0n) is 15.3. The number of aryl methyl sites for hydroxylation is 3. The number of aliphatic hydroxyl groups is 1. The summed E-state index contributed by atoms with van der Waals surface area (Å²) in [6.45, 7) is 8.65. The number of aliphatic hydroxyl groups excluding tert-OH is 1. The quantitative estimate of drug-likeness (QED) is 0.769. The number of carbonyl (C=O) groups is 1. The van der Waals surface area contributed by atoms with Crippen LogP contribution in [-0.4, -0.2) is 23.6 Å². The van der Waals surface area contributed by atoms with Gasteiger partial charge in [-0.1, -0.05) is 25.1 Å². The Bertz CT molecular complexity index is 591. The van der Waals surface area contributed by atoms with Gasteiger partial charge in [0.1, 0.15) is 5.78 Å². The van der Waals surface area contributed by atoms with Crippen LogP contribution in [-0.2, 0) is 16.0 Å². The Morgan fingerprint density at radius 1 is 1.25 bits per heavy atom. The molecule has 0 heterocycles. The van der Waals surface area contributed by atoms with Crippen molar-refractivity contribution in [3.8, 4) is 0 Å². The van der Waals surface area contributed by atoms with Crippen LogP contribution in [0.25, 0.3) is 0 Å². The van der Waals surface area contributed by atoms with E-state index in [1.165, 1.54) is 16.7 Å². The van der Waals surface area contributed by atoms with Crippen molar-refractivity contribution in [3.63, 3.8) is 0 Å². The Balaban J connectivity index is 2.03. The van der Waals surface area contributed by atoms with Crippen LogP contribution in [0.3, 0.4) is 0 Å². The lowest BCUT2D eigenvalue weighted by molar-refractivity contribution is -0.124. The van der Waals surface area contributed by atoms with Gasteiger partial charge in [-0.05, 0) is 68.7 Å². The summed E-state index contributed by atoms with van der Waals surface area (Å²) in [5.41, 5.74) is 3.84. The van der Waals surface area contributed by atoms with Gasteiger partial charge in [-0.3, -0.25) is 4.79 Å². The molecule has 24 heavy (non-hydrogen) atoms. The van der Waals surface area contributed by atoms with Crippen molar-refractivity contribution in [1.29, 1.82) is 0 Å². The third kappa shape index (κ3) is 4.27. The van der Waals surface area contributed by atoms with E-state index in [4.69, 9.17) is 4.74 Å². The highest BCUT2D eigenvalue weighted by atomic mass is 16.5. The highest BCUT2D eigenvalue weighted by Crippen LogP contribution is 2.38. The molecule has 3 nitrogen and oxygen atoms in total. The first kappa shape index (κ1) is 18.7. The minimum atomic E-state index is -0.548. The van der Waals surface area contributed by atoms with Crippen LogP contribution in [0.1, 0.15) is 43.4 Å². The number of Topliss-reactive ketones (excluding diaryl/α,β-unsaturated/α-hetero) is 1. The molecule has 132 valence electrons. The molecule has 1 fully saturated rings. The summed E-state index contributed by atoms with van der Waals surface area (Å²) < 4.78 is 5.22. The third-order valence-electron chi connectivity index (χ3n) is 5.36. The Morgan fingerprint density at radius 2 is 2.00 bits per heavy atom. The average molecular weight is 330 g/mol. The van der Waals surface area contributed by atoms with Crippen LogP contribution in [0.4, 0.5) is 0 Å². The largest absolute Gasteiger partial charge is 0.502 e. The van der Waals surface area contributed by atoms with Crippen LogP contribution in [0.15, 0.2) is 30.5 Å². The van der Waals surface area contributed by atoms with Gasteiger partial charge < -0.3 is 9.84 Å². The monoisotopic (exact) mass is 330 g/mol. The van der Waals surface area contributed by atoms with Crippen LogP contribution in [0.5, 0.6) is 0 Å². The molecule has 3 heteroatoms. The molecule has 0 aliphatic heterocycles. The van der Waals surface area contributed by atoms with E-state index >= 15 is 0 Å². The van der Waals surface area contributed by atoms with Gasteiger partial charge in [0.05, 0.1) is 19.0 Å². The van der Waals surface area contributed by atoms with Crippen LogP contribution in [0.2, 0.25) is 0 Å². The number of carbonyl (C=O) groups excluding carboxylic acids is 1. The maximum Gasteiger partial charge on any atom is 0.141 e. The molecule has 1 aliphatic carbocycles. The van der Waals surface area contributed by atoms with Crippen LogP contribution >= 0.6 is 0 Å². The Kier molecular flexibility index (Phi) is 6.61. The lowest BCUT2D eigenvalue weighted by Gasteiger charge is -2.20. The van der Waals surface area contributed by atoms with E-state index in [2.05, 4.69) is 32.0 Å². The second kappa shape index (κ2) is 8.48. The first-order chi connectivity index (χ1) is 11.5. The second-order valence-electron chi connectivity index (χ2n) is 6.97. The summed E-state index contributed by atoms with van der Waals surface area (Å²) in [5.74, 6) is -0.125. The highest BCUT2D eigenvalue weighted by molar-refractivity contribution is 5.86. The average Bonchev–Trinajstić information content (AvgIpc) is 2.77. The molecule has 1 saturated carbocycles. The summed E-state index contributed by atoms with van der Waals surface area (Å²) in [7, 11) is 0. The van der Waals surface area contributed by atoms with Crippen molar-refractivity contribution in [2.24, 2.45) is 17.8 Å². The molecule has 0 bridgehead atoms. The van der Waals surface area contributed by atoms with Gasteiger partial charge in [-0.2, -0.15) is 0 Å². The zero-order chi connectivity index (χ0) is 17.7. The molecular weight excluding hydrogens is 300 g/mol. The number of hydrogen-bond donors (Lipinski definition) is 1. The third-order valence-corrected chi connectivity index (χ3v) is 5.36. The number of ketones is 1. The Labute approximate surface area is 145 Å². The van der Waals surface area contributed by atoms with E-state index in [1.54, 1.807) is 6.26 Å². The fourth-order valence-electron chi connectivity index (χ4n) is 3.64. The predicted octanol–water partition coefficient (Wildman–Crippen LogP) is 3.99. The van der Waals surface area contributed by atoms with Crippen molar-refractivity contribution in [3.05, 3.63) is 47.2 Å². The molecule has 0 radical (unpaired) electrons. The van der Waals surface area contributed by atoms with E-state index in [1.807, 2.05) is 19.9 Å². The fourth-order valence-corrected chi connectivity index (χ4v) is 3.64. The first-order valence-electron chi connectivity index (χ1n) is 9.00. The summed E-state index contributed by atoms with van der Waals surface area (Å²) in [6, 6.07) is 6.49. The maximum absolute atomic E-state index is 12.5. The van der Waals surface area contributed by atoms with Crippen molar-refractivity contribution in [1.82, 2.24) is 0 Å².